The molecular weight excluding hydrogens is 231 g/mol. The summed E-state index contributed by atoms with van der Waals surface area (Å²) in [4.78, 5) is 16.7. The number of rotatable bonds is 8. The van der Waals surface area contributed by atoms with Gasteiger partial charge in [-0.15, -0.1) is 0 Å². The van der Waals surface area contributed by atoms with E-state index in [0.29, 0.717) is 0 Å². The van der Waals surface area contributed by atoms with Crippen molar-refractivity contribution in [2.24, 2.45) is 0 Å². The fourth-order valence-electron chi connectivity index (χ4n) is 1.07. The molecule has 4 nitrogen and oxygen atoms in total. The SMILES string of the molecule is CCCCCCCCOP(=O)(O)O.[CaH2]. The Kier molecular flexibility index (Phi) is 13.8. The first-order valence-corrected chi connectivity index (χ1v) is 6.29. The maximum atomic E-state index is 10.2. The van der Waals surface area contributed by atoms with Gasteiger partial charge in [0.1, 0.15) is 0 Å². The van der Waals surface area contributed by atoms with Gasteiger partial charge < -0.3 is 9.79 Å². The summed E-state index contributed by atoms with van der Waals surface area (Å²) in [5, 5.41) is 0. The molecule has 0 aliphatic heterocycles. The van der Waals surface area contributed by atoms with Crippen LogP contribution in [0.2, 0.25) is 0 Å². The van der Waals surface area contributed by atoms with Crippen molar-refractivity contribution in [2.45, 2.75) is 45.4 Å². The van der Waals surface area contributed by atoms with Crippen LogP contribution >= 0.6 is 7.82 Å². The summed E-state index contributed by atoms with van der Waals surface area (Å²) in [6, 6.07) is 0. The first-order chi connectivity index (χ1) is 6.06. The normalized spacial score (nSPS) is 11.1. The van der Waals surface area contributed by atoms with Gasteiger partial charge >= 0.3 is 45.6 Å². The average molecular weight is 252 g/mol. The third-order valence-corrected chi connectivity index (χ3v) is 2.28. The third-order valence-electron chi connectivity index (χ3n) is 1.76. The molecule has 0 fully saturated rings. The van der Waals surface area contributed by atoms with E-state index in [4.69, 9.17) is 9.79 Å². The molecular formula is C8H21CaO4P. The Morgan fingerprint density at radius 1 is 1.07 bits per heavy atom. The minimum atomic E-state index is -4.23. The number of unbranched alkanes of at least 4 members (excludes halogenated alkanes) is 5. The molecule has 0 atom stereocenters. The number of hydrogen-bond donors (Lipinski definition) is 2. The van der Waals surface area contributed by atoms with Crippen molar-refractivity contribution >= 4 is 45.6 Å². The van der Waals surface area contributed by atoms with Gasteiger partial charge in [-0.3, -0.25) is 4.52 Å². The van der Waals surface area contributed by atoms with Gasteiger partial charge in [0.15, 0.2) is 0 Å². The molecule has 0 spiro atoms. The molecule has 6 heteroatoms. The molecule has 0 saturated heterocycles. The molecule has 0 aliphatic carbocycles. The van der Waals surface area contributed by atoms with Gasteiger partial charge in [0.2, 0.25) is 0 Å². The molecule has 0 heterocycles. The second-order valence-corrected chi connectivity index (χ2v) is 4.33. The Balaban J connectivity index is 0. The molecule has 84 valence electrons. The van der Waals surface area contributed by atoms with E-state index in [9.17, 15) is 4.57 Å². The molecule has 0 aromatic heterocycles. The maximum absolute atomic E-state index is 10.2. The van der Waals surface area contributed by atoms with E-state index in [2.05, 4.69) is 11.4 Å². The van der Waals surface area contributed by atoms with E-state index in [1.165, 1.54) is 19.3 Å². The Bertz CT molecular complexity index is 159. The summed E-state index contributed by atoms with van der Waals surface area (Å²) < 4.78 is 14.5. The van der Waals surface area contributed by atoms with E-state index < -0.39 is 7.82 Å². The first-order valence-electron chi connectivity index (χ1n) is 4.76. The van der Waals surface area contributed by atoms with Crippen molar-refractivity contribution in [3.63, 3.8) is 0 Å². The fraction of sp³-hybridized carbons (Fsp3) is 1.00. The van der Waals surface area contributed by atoms with Crippen LogP contribution in [0.4, 0.5) is 0 Å². The van der Waals surface area contributed by atoms with Crippen molar-refractivity contribution in [1.82, 2.24) is 0 Å². The standard InChI is InChI=1S/C8H19O4P.Ca.2H/c1-2-3-4-5-6-7-8-12-13(9,10)11;;;/h2-8H2,1H3,(H2,9,10,11);;;. The Labute approximate surface area is 116 Å². The van der Waals surface area contributed by atoms with Crippen molar-refractivity contribution in [3.8, 4) is 0 Å². The van der Waals surface area contributed by atoms with Gasteiger partial charge in [-0.2, -0.15) is 0 Å². The molecule has 0 amide bonds. The van der Waals surface area contributed by atoms with Crippen molar-refractivity contribution in [1.29, 1.82) is 0 Å². The summed E-state index contributed by atoms with van der Waals surface area (Å²) in [5.74, 6) is 0. The van der Waals surface area contributed by atoms with Crippen LogP contribution in [-0.2, 0) is 9.09 Å². The molecule has 0 rings (SSSR count). The van der Waals surface area contributed by atoms with Crippen LogP contribution < -0.4 is 0 Å². The van der Waals surface area contributed by atoms with Gasteiger partial charge in [0.25, 0.3) is 0 Å². The fourth-order valence-corrected chi connectivity index (χ4v) is 1.43. The molecule has 14 heavy (non-hydrogen) atoms. The van der Waals surface area contributed by atoms with Crippen molar-refractivity contribution < 1.29 is 18.9 Å². The molecule has 0 bridgehead atoms. The van der Waals surface area contributed by atoms with Crippen LogP contribution in [0.25, 0.3) is 0 Å². The molecule has 0 unspecified atom stereocenters. The molecule has 0 aromatic rings. The Hall–Kier alpha value is 1.37. The zero-order valence-electron chi connectivity index (χ0n) is 8.11. The molecule has 0 aliphatic rings. The topological polar surface area (TPSA) is 66.8 Å². The molecule has 0 radical (unpaired) electrons. The van der Waals surface area contributed by atoms with Crippen LogP contribution in [0.3, 0.4) is 0 Å². The first kappa shape index (κ1) is 17.8. The second-order valence-electron chi connectivity index (χ2n) is 3.09. The second kappa shape index (κ2) is 10.9. The quantitative estimate of drug-likeness (QED) is 0.390. The van der Waals surface area contributed by atoms with E-state index in [0.717, 1.165) is 19.3 Å². The zero-order valence-corrected chi connectivity index (χ0v) is 9.00. The predicted octanol–water partition coefficient (Wildman–Crippen LogP) is 1.54. The van der Waals surface area contributed by atoms with Crippen LogP contribution in [0.15, 0.2) is 0 Å². The number of phosphoric acid groups is 1. The monoisotopic (exact) mass is 252 g/mol. The van der Waals surface area contributed by atoms with Gasteiger partial charge in [0, 0.05) is 0 Å². The van der Waals surface area contributed by atoms with Crippen LogP contribution in [0.1, 0.15) is 45.4 Å². The Morgan fingerprint density at radius 2 is 1.57 bits per heavy atom. The van der Waals surface area contributed by atoms with E-state index in [-0.39, 0.29) is 44.3 Å². The average Bonchev–Trinajstić information content (AvgIpc) is 2.01. The van der Waals surface area contributed by atoms with Crippen molar-refractivity contribution in [2.75, 3.05) is 6.61 Å². The third kappa shape index (κ3) is 15.8. The van der Waals surface area contributed by atoms with Gasteiger partial charge in [-0.1, -0.05) is 39.0 Å². The summed E-state index contributed by atoms with van der Waals surface area (Å²) >= 11 is 0. The van der Waals surface area contributed by atoms with Crippen LogP contribution in [0.5, 0.6) is 0 Å². The number of phosphoric ester groups is 1. The van der Waals surface area contributed by atoms with E-state index >= 15 is 0 Å². The van der Waals surface area contributed by atoms with Gasteiger partial charge in [-0.25, -0.2) is 4.57 Å². The van der Waals surface area contributed by atoms with Gasteiger partial charge in [0.05, 0.1) is 6.61 Å². The van der Waals surface area contributed by atoms with Crippen LogP contribution in [-0.4, -0.2) is 54.1 Å². The minimum absolute atomic E-state index is 0. The summed E-state index contributed by atoms with van der Waals surface area (Å²) in [6.45, 7) is 2.31. The molecule has 0 saturated carbocycles. The zero-order chi connectivity index (χ0) is 10.2. The molecule has 2 N–H and O–H groups in total. The summed E-state index contributed by atoms with van der Waals surface area (Å²) in [6.07, 6.45) is 6.48. The van der Waals surface area contributed by atoms with Crippen molar-refractivity contribution in [3.05, 3.63) is 0 Å². The number of hydrogen-bond acceptors (Lipinski definition) is 2. The van der Waals surface area contributed by atoms with E-state index in [1.54, 1.807) is 0 Å². The summed E-state index contributed by atoms with van der Waals surface area (Å²) in [7, 11) is -4.23. The predicted molar refractivity (Wildman–Crippen MR) is 59.9 cm³/mol. The Morgan fingerprint density at radius 3 is 2.07 bits per heavy atom. The van der Waals surface area contributed by atoms with E-state index in [1.807, 2.05) is 0 Å². The molecule has 0 aromatic carbocycles. The summed E-state index contributed by atoms with van der Waals surface area (Å²) in [5.41, 5.74) is 0. The van der Waals surface area contributed by atoms with Gasteiger partial charge in [-0.05, 0) is 6.42 Å². The van der Waals surface area contributed by atoms with Crippen LogP contribution in [0, 0.1) is 0 Å².